The molecule has 0 radical (unpaired) electrons. The molecule has 5 nitrogen and oxygen atoms in total. The van der Waals surface area contributed by atoms with Crippen LogP contribution in [0, 0.1) is 6.92 Å². The molecule has 0 aliphatic rings. The van der Waals surface area contributed by atoms with E-state index in [0.29, 0.717) is 12.5 Å². The number of nitrogens with one attached hydrogen (secondary N) is 1. The van der Waals surface area contributed by atoms with E-state index in [9.17, 15) is 4.79 Å². The molecule has 1 atom stereocenters. The molecule has 0 aromatic carbocycles. The van der Waals surface area contributed by atoms with Crippen LogP contribution in [0.1, 0.15) is 48.3 Å². The van der Waals surface area contributed by atoms with Crippen molar-refractivity contribution in [1.82, 2.24) is 19.8 Å². The number of hydrogen-bond acceptors (Lipinski definition) is 3. The predicted octanol–water partition coefficient (Wildman–Crippen LogP) is 3.78. The molecule has 0 fully saturated rings. The summed E-state index contributed by atoms with van der Waals surface area (Å²) in [6, 6.07) is 3.93. The summed E-state index contributed by atoms with van der Waals surface area (Å²) >= 11 is 1.71. The Morgan fingerprint density at radius 2 is 2.00 bits per heavy atom. The Hall–Kier alpha value is -1.82. The van der Waals surface area contributed by atoms with Gasteiger partial charge >= 0.3 is 6.03 Å². The summed E-state index contributed by atoms with van der Waals surface area (Å²) in [4.78, 5) is 19.9. The van der Waals surface area contributed by atoms with Crippen molar-refractivity contribution < 1.29 is 4.79 Å². The van der Waals surface area contributed by atoms with Crippen molar-refractivity contribution in [2.24, 2.45) is 0 Å². The van der Waals surface area contributed by atoms with E-state index >= 15 is 0 Å². The fourth-order valence-electron chi connectivity index (χ4n) is 2.35. The summed E-state index contributed by atoms with van der Waals surface area (Å²) < 4.78 is 2.05. The maximum absolute atomic E-state index is 12.3. The van der Waals surface area contributed by atoms with Crippen molar-refractivity contribution in [2.45, 2.75) is 46.2 Å². The monoisotopic (exact) mass is 334 g/mol. The zero-order chi connectivity index (χ0) is 17.0. The van der Waals surface area contributed by atoms with Gasteiger partial charge in [-0.25, -0.2) is 9.78 Å². The van der Waals surface area contributed by atoms with Gasteiger partial charge in [0.25, 0.3) is 0 Å². The highest BCUT2D eigenvalue weighted by Crippen LogP contribution is 2.31. The molecule has 0 aliphatic carbocycles. The summed E-state index contributed by atoms with van der Waals surface area (Å²) in [6.45, 7) is 9.75. The van der Waals surface area contributed by atoms with Crippen molar-refractivity contribution in [2.75, 3.05) is 13.6 Å². The summed E-state index contributed by atoms with van der Waals surface area (Å²) in [5, 5.41) is 4.10. The Morgan fingerprint density at radius 3 is 2.57 bits per heavy atom. The van der Waals surface area contributed by atoms with Crippen molar-refractivity contribution in [3.05, 3.63) is 40.1 Å². The SMILES string of the molecule is Cc1nc(C(C)C)sc1[C@@H](C)N(C)C(=O)NCCn1cccc1. The van der Waals surface area contributed by atoms with Crippen LogP contribution in [-0.2, 0) is 6.54 Å². The number of aromatic nitrogens is 2. The molecule has 2 heterocycles. The van der Waals surface area contributed by atoms with E-state index in [1.165, 1.54) is 0 Å². The number of carbonyl (C=O) groups is 1. The van der Waals surface area contributed by atoms with E-state index in [-0.39, 0.29) is 12.1 Å². The second-order valence-electron chi connectivity index (χ2n) is 6.10. The second-order valence-corrected chi connectivity index (χ2v) is 7.16. The third-order valence-electron chi connectivity index (χ3n) is 3.94. The van der Waals surface area contributed by atoms with Crippen LogP contribution in [0.25, 0.3) is 0 Å². The molecular formula is C17H26N4OS. The molecule has 0 bridgehead atoms. The fourth-order valence-corrected chi connectivity index (χ4v) is 3.52. The first kappa shape index (κ1) is 17.5. The molecule has 6 heteroatoms. The predicted molar refractivity (Wildman–Crippen MR) is 94.9 cm³/mol. The zero-order valence-corrected chi connectivity index (χ0v) is 15.4. The van der Waals surface area contributed by atoms with Crippen LogP contribution in [0.2, 0.25) is 0 Å². The highest BCUT2D eigenvalue weighted by atomic mass is 32.1. The number of aryl methyl sites for hydroxylation is 1. The van der Waals surface area contributed by atoms with Gasteiger partial charge in [-0.2, -0.15) is 0 Å². The molecule has 23 heavy (non-hydrogen) atoms. The van der Waals surface area contributed by atoms with Gasteiger partial charge in [-0.15, -0.1) is 11.3 Å². The molecule has 1 N–H and O–H groups in total. The minimum absolute atomic E-state index is 0.0200. The normalized spacial score (nSPS) is 12.4. The number of amides is 2. The molecule has 0 unspecified atom stereocenters. The molecule has 2 aromatic heterocycles. The number of nitrogens with zero attached hydrogens (tertiary/aromatic N) is 3. The van der Waals surface area contributed by atoms with Gasteiger partial charge in [0.1, 0.15) is 0 Å². The van der Waals surface area contributed by atoms with Crippen LogP contribution in [0.3, 0.4) is 0 Å². The van der Waals surface area contributed by atoms with E-state index < -0.39 is 0 Å². The van der Waals surface area contributed by atoms with Gasteiger partial charge in [0.2, 0.25) is 0 Å². The van der Waals surface area contributed by atoms with Gasteiger partial charge in [0.15, 0.2) is 0 Å². The third-order valence-corrected chi connectivity index (χ3v) is 5.56. The number of rotatable bonds is 6. The number of thiazole rings is 1. The Balaban J connectivity index is 1.92. The van der Waals surface area contributed by atoms with Crippen molar-refractivity contribution >= 4 is 17.4 Å². The van der Waals surface area contributed by atoms with E-state index in [4.69, 9.17) is 0 Å². The van der Waals surface area contributed by atoms with E-state index in [0.717, 1.165) is 22.1 Å². The molecule has 2 aromatic rings. The number of urea groups is 1. The second kappa shape index (κ2) is 7.64. The average Bonchev–Trinajstić information content (AvgIpc) is 3.15. The summed E-state index contributed by atoms with van der Waals surface area (Å²) in [6.07, 6.45) is 3.99. The van der Waals surface area contributed by atoms with E-state index in [2.05, 4.69) is 31.1 Å². The van der Waals surface area contributed by atoms with Crippen LogP contribution in [-0.4, -0.2) is 34.1 Å². The first-order valence-corrected chi connectivity index (χ1v) is 8.80. The third kappa shape index (κ3) is 4.34. The summed E-state index contributed by atoms with van der Waals surface area (Å²) in [5.74, 6) is 0.417. The topological polar surface area (TPSA) is 50.2 Å². The van der Waals surface area contributed by atoms with Gasteiger partial charge in [-0.3, -0.25) is 0 Å². The molecule has 0 aliphatic heterocycles. The lowest BCUT2D eigenvalue weighted by molar-refractivity contribution is 0.194. The lowest BCUT2D eigenvalue weighted by atomic mass is 10.2. The lowest BCUT2D eigenvalue weighted by Crippen LogP contribution is -2.39. The van der Waals surface area contributed by atoms with Gasteiger partial charge in [-0.1, -0.05) is 13.8 Å². The number of carbonyl (C=O) groups excluding carboxylic acids is 1. The minimum atomic E-state index is -0.0523. The Bertz CT molecular complexity index is 633. The Kier molecular flexibility index (Phi) is 5.82. The first-order valence-electron chi connectivity index (χ1n) is 7.98. The van der Waals surface area contributed by atoms with Crippen LogP contribution >= 0.6 is 11.3 Å². The Labute approximate surface area is 142 Å². The van der Waals surface area contributed by atoms with Crippen molar-refractivity contribution in [3.63, 3.8) is 0 Å². The first-order chi connectivity index (χ1) is 10.9. The number of hydrogen-bond donors (Lipinski definition) is 1. The van der Waals surface area contributed by atoms with Gasteiger partial charge < -0.3 is 14.8 Å². The molecule has 0 saturated heterocycles. The Morgan fingerprint density at radius 1 is 1.35 bits per heavy atom. The molecule has 0 saturated carbocycles. The van der Waals surface area contributed by atoms with Crippen molar-refractivity contribution in [1.29, 1.82) is 0 Å². The van der Waals surface area contributed by atoms with Gasteiger partial charge in [0, 0.05) is 43.3 Å². The average molecular weight is 334 g/mol. The molecule has 2 rings (SSSR count). The quantitative estimate of drug-likeness (QED) is 0.874. The molecule has 2 amide bonds. The maximum Gasteiger partial charge on any atom is 0.317 e. The summed E-state index contributed by atoms with van der Waals surface area (Å²) in [7, 11) is 1.84. The van der Waals surface area contributed by atoms with Crippen molar-refractivity contribution in [3.8, 4) is 0 Å². The molecule has 126 valence electrons. The highest BCUT2D eigenvalue weighted by molar-refractivity contribution is 7.11. The van der Waals surface area contributed by atoms with Crippen LogP contribution in [0.5, 0.6) is 0 Å². The van der Waals surface area contributed by atoms with Crippen LogP contribution < -0.4 is 5.32 Å². The van der Waals surface area contributed by atoms with E-state index in [1.807, 2.05) is 43.1 Å². The maximum atomic E-state index is 12.3. The van der Waals surface area contributed by atoms with Crippen LogP contribution in [0.4, 0.5) is 4.79 Å². The van der Waals surface area contributed by atoms with Gasteiger partial charge in [-0.05, 0) is 26.0 Å². The van der Waals surface area contributed by atoms with Gasteiger partial charge in [0.05, 0.1) is 16.7 Å². The lowest BCUT2D eigenvalue weighted by Gasteiger charge is -2.24. The van der Waals surface area contributed by atoms with E-state index in [1.54, 1.807) is 16.2 Å². The standard InChI is InChI=1S/C17H26N4OS/c1-12(2)16-19-13(3)15(23-16)14(4)20(5)17(22)18-8-11-21-9-6-7-10-21/h6-7,9-10,12,14H,8,11H2,1-5H3,(H,18,22)/t14-/m1/s1. The fraction of sp³-hybridized carbons (Fsp3) is 0.529. The molecule has 0 spiro atoms. The largest absolute Gasteiger partial charge is 0.353 e. The van der Waals surface area contributed by atoms with Crippen LogP contribution in [0.15, 0.2) is 24.5 Å². The smallest absolute Gasteiger partial charge is 0.317 e. The zero-order valence-electron chi connectivity index (χ0n) is 14.5. The summed E-state index contributed by atoms with van der Waals surface area (Å²) in [5.41, 5.74) is 1.03. The minimum Gasteiger partial charge on any atom is -0.353 e. The highest BCUT2D eigenvalue weighted by Gasteiger charge is 2.22. The molecular weight excluding hydrogens is 308 g/mol.